The van der Waals surface area contributed by atoms with Crippen molar-refractivity contribution in [1.82, 2.24) is 0 Å². The molecule has 0 aliphatic carbocycles. The standard InChI is InChI=1S/C12H15F5O4/c1-6(2)7(18)21-8-9(3,4)5-20-11(19,10(8,13)14)12(15,16)17/h8,19H,1,5H2,2-4H3. The van der Waals surface area contributed by atoms with Crippen molar-refractivity contribution in [3.8, 4) is 0 Å². The van der Waals surface area contributed by atoms with Gasteiger partial charge in [0.05, 0.1) is 6.61 Å². The maximum absolute atomic E-state index is 14.1. The van der Waals surface area contributed by atoms with Gasteiger partial charge in [0.2, 0.25) is 0 Å². The molecule has 4 nitrogen and oxygen atoms in total. The van der Waals surface area contributed by atoms with Crippen molar-refractivity contribution in [2.24, 2.45) is 5.41 Å². The van der Waals surface area contributed by atoms with E-state index in [0.29, 0.717) is 0 Å². The highest BCUT2D eigenvalue weighted by atomic mass is 19.4. The second-order valence-electron chi connectivity index (χ2n) is 5.61. The SMILES string of the molecule is C=C(C)C(=O)OC1C(C)(C)COC(O)(C(F)(F)F)C1(F)F. The average molecular weight is 318 g/mol. The van der Waals surface area contributed by atoms with Crippen LogP contribution in [-0.4, -0.2) is 41.7 Å². The number of ether oxygens (including phenoxy) is 2. The Balaban J connectivity index is 3.29. The van der Waals surface area contributed by atoms with Gasteiger partial charge >= 0.3 is 23.9 Å². The number of hydrogen-bond acceptors (Lipinski definition) is 4. The summed E-state index contributed by atoms with van der Waals surface area (Å²) in [6.45, 7) is 5.70. The van der Waals surface area contributed by atoms with Gasteiger partial charge in [-0.2, -0.15) is 22.0 Å². The molecule has 2 unspecified atom stereocenters. The summed E-state index contributed by atoms with van der Waals surface area (Å²) in [6.07, 6.45) is -8.30. The van der Waals surface area contributed by atoms with Crippen LogP contribution in [0.25, 0.3) is 0 Å². The van der Waals surface area contributed by atoms with Crippen LogP contribution >= 0.6 is 0 Å². The molecular formula is C12H15F5O4. The monoisotopic (exact) mass is 318 g/mol. The third-order valence-electron chi connectivity index (χ3n) is 3.10. The van der Waals surface area contributed by atoms with Crippen LogP contribution < -0.4 is 0 Å². The van der Waals surface area contributed by atoms with Gasteiger partial charge in [-0.3, -0.25) is 0 Å². The molecule has 0 spiro atoms. The summed E-state index contributed by atoms with van der Waals surface area (Å²) in [5, 5.41) is 9.28. The van der Waals surface area contributed by atoms with Crippen molar-refractivity contribution >= 4 is 5.97 Å². The molecule has 0 aromatic rings. The lowest BCUT2D eigenvalue weighted by Crippen LogP contribution is -2.72. The lowest BCUT2D eigenvalue weighted by atomic mass is 9.78. The Morgan fingerprint density at radius 2 is 1.86 bits per heavy atom. The van der Waals surface area contributed by atoms with Gasteiger partial charge in [0, 0.05) is 11.0 Å². The van der Waals surface area contributed by atoms with Gasteiger partial charge in [-0.1, -0.05) is 20.4 Å². The molecule has 1 aliphatic heterocycles. The molecule has 1 N–H and O–H groups in total. The maximum atomic E-state index is 14.1. The highest BCUT2D eigenvalue weighted by Gasteiger charge is 2.78. The zero-order valence-corrected chi connectivity index (χ0v) is 11.6. The van der Waals surface area contributed by atoms with Crippen molar-refractivity contribution < 1.29 is 41.3 Å². The number of alkyl halides is 5. The molecule has 1 saturated heterocycles. The van der Waals surface area contributed by atoms with Crippen LogP contribution in [0, 0.1) is 5.41 Å². The van der Waals surface area contributed by atoms with E-state index in [4.69, 9.17) is 0 Å². The first kappa shape index (κ1) is 17.8. The van der Waals surface area contributed by atoms with Crippen LogP contribution in [0.3, 0.4) is 0 Å². The Labute approximate surface area is 117 Å². The van der Waals surface area contributed by atoms with E-state index in [0.717, 1.165) is 20.8 Å². The van der Waals surface area contributed by atoms with Crippen LogP contribution in [0.5, 0.6) is 0 Å². The molecular weight excluding hydrogens is 303 g/mol. The van der Waals surface area contributed by atoms with Gasteiger partial charge in [0.1, 0.15) is 0 Å². The molecule has 1 fully saturated rings. The van der Waals surface area contributed by atoms with Gasteiger partial charge in [0.25, 0.3) is 0 Å². The number of aliphatic hydroxyl groups is 1. The van der Waals surface area contributed by atoms with Crippen LogP contribution in [0.15, 0.2) is 12.2 Å². The van der Waals surface area contributed by atoms with Crippen molar-refractivity contribution in [2.75, 3.05) is 6.61 Å². The maximum Gasteiger partial charge on any atom is 0.449 e. The number of carbonyl (C=O) groups excluding carboxylic acids is 1. The minimum Gasteiger partial charge on any atom is -0.452 e. The van der Waals surface area contributed by atoms with Crippen molar-refractivity contribution in [3.63, 3.8) is 0 Å². The predicted molar refractivity (Wildman–Crippen MR) is 60.4 cm³/mol. The van der Waals surface area contributed by atoms with E-state index in [1.165, 1.54) is 0 Å². The summed E-state index contributed by atoms with van der Waals surface area (Å²) in [5.41, 5.74) is -1.91. The fraction of sp³-hybridized carbons (Fsp3) is 0.750. The topological polar surface area (TPSA) is 55.8 Å². The molecule has 1 heterocycles. The third-order valence-corrected chi connectivity index (χ3v) is 3.10. The second kappa shape index (κ2) is 4.91. The molecule has 122 valence electrons. The normalized spacial score (nSPS) is 31.6. The van der Waals surface area contributed by atoms with Gasteiger partial charge in [-0.05, 0) is 6.92 Å². The fourth-order valence-electron chi connectivity index (χ4n) is 1.84. The summed E-state index contributed by atoms with van der Waals surface area (Å²) < 4.78 is 74.9. The molecule has 2 atom stereocenters. The van der Waals surface area contributed by atoms with Crippen molar-refractivity contribution in [2.45, 2.75) is 44.8 Å². The van der Waals surface area contributed by atoms with E-state index < -0.39 is 42.0 Å². The van der Waals surface area contributed by atoms with Crippen LogP contribution in [0.4, 0.5) is 22.0 Å². The second-order valence-corrected chi connectivity index (χ2v) is 5.61. The first-order valence-electron chi connectivity index (χ1n) is 5.84. The van der Waals surface area contributed by atoms with E-state index in [9.17, 15) is 31.9 Å². The van der Waals surface area contributed by atoms with Crippen LogP contribution in [0.1, 0.15) is 20.8 Å². The molecule has 0 aromatic heterocycles. The summed E-state index contributed by atoms with van der Waals surface area (Å²) in [6, 6.07) is 0. The number of halogens is 5. The van der Waals surface area contributed by atoms with E-state index in [-0.39, 0.29) is 5.57 Å². The first-order valence-corrected chi connectivity index (χ1v) is 5.84. The highest BCUT2D eigenvalue weighted by Crippen LogP contribution is 2.53. The van der Waals surface area contributed by atoms with E-state index in [2.05, 4.69) is 16.1 Å². The Bertz CT molecular complexity index is 457. The summed E-state index contributed by atoms with van der Waals surface area (Å²) in [4.78, 5) is 11.4. The summed E-state index contributed by atoms with van der Waals surface area (Å²) in [7, 11) is 0. The fourth-order valence-corrected chi connectivity index (χ4v) is 1.84. The molecule has 0 bridgehead atoms. The Hall–Kier alpha value is -1.22. The molecule has 9 heteroatoms. The lowest BCUT2D eigenvalue weighted by molar-refractivity contribution is -0.469. The number of rotatable bonds is 2. The molecule has 1 rings (SSSR count). The van der Waals surface area contributed by atoms with Gasteiger partial charge < -0.3 is 14.6 Å². The van der Waals surface area contributed by atoms with Crippen molar-refractivity contribution in [3.05, 3.63) is 12.2 Å². The predicted octanol–water partition coefficient (Wildman–Crippen LogP) is 2.42. The molecule has 0 saturated carbocycles. The molecule has 1 aliphatic rings. The third kappa shape index (κ3) is 2.76. The Morgan fingerprint density at radius 3 is 2.24 bits per heavy atom. The average Bonchev–Trinajstić information content (AvgIpc) is 2.28. The zero-order chi connectivity index (χ0) is 16.9. The minimum absolute atomic E-state index is 0.261. The van der Waals surface area contributed by atoms with Gasteiger partial charge in [-0.25, -0.2) is 4.79 Å². The molecule has 21 heavy (non-hydrogen) atoms. The van der Waals surface area contributed by atoms with Crippen LogP contribution in [-0.2, 0) is 14.3 Å². The molecule has 0 amide bonds. The summed E-state index contributed by atoms with van der Waals surface area (Å²) in [5.74, 6) is -10.9. The minimum atomic E-state index is -5.76. The highest BCUT2D eigenvalue weighted by molar-refractivity contribution is 5.87. The van der Waals surface area contributed by atoms with Gasteiger partial charge in [0.15, 0.2) is 6.10 Å². The number of carbonyl (C=O) groups is 1. The summed E-state index contributed by atoms with van der Waals surface area (Å²) >= 11 is 0. The largest absolute Gasteiger partial charge is 0.452 e. The molecule has 0 radical (unpaired) electrons. The Kier molecular flexibility index (Phi) is 4.17. The smallest absolute Gasteiger partial charge is 0.449 e. The first-order chi connectivity index (χ1) is 9.17. The Morgan fingerprint density at radius 1 is 1.38 bits per heavy atom. The van der Waals surface area contributed by atoms with Gasteiger partial charge in [-0.15, -0.1) is 0 Å². The van der Waals surface area contributed by atoms with Crippen LogP contribution in [0.2, 0.25) is 0 Å². The van der Waals surface area contributed by atoms with E-state index in [1.54, 1.807) is 0 Å². The zero-order valence-electron chi connectivity index (χ0n) is 11.6. The van der Waals surface area contributed by atoms with Crippen molar-refractivity contribution in [1.29, 1.82) is 0 Å². The lowest BCUT2D eigenvalue weighted by Gasteiger charge is -2.50. The molecule has 0 aromatic carbocycles. The van der Waals surface area contributed by atoms with E-state index >= 15 is 0 Å². The number of esters is 1. The van der Waals surface area contributed by atoms with E-state index in [1.807, 2.05) is 0 Å². The quantitative estimate of drug-likeness (QED) is 0.483. The number of hydrogen-bond donors (Lipinski definition) is 1.